The predicted octanol–water partition coefficient (Wildman–Crippen LogP) is 4.60. The third-order valence-corrected chi connectivity index (χ3v) is 6.89. The van der Waals surface area contributed by atoms with E-state index in [9.17, 15) is 18.0 Å². The Labute approximate surface area is 197 Å². The van der Waals surface area contributed by atoms with Crippen LogP contribution >= 0.6 is 0 Å². The van der Waals surface area contributed by atoms with E-state index in [0.717, 1.165) is 11.0 Å². The smallest absolute Gasteiger partial charge is 0.251 e. The van der Waals surface area contributed by atoms with E-state index in [1.807, 2.05) is 37.3 Å². The summed E-state index contributed by atoms with van der Waals surface area (Å²) in [7, 11) is -3.74. The molecule has 34 heavy (non-hydrogen) atoms. The minimum atomic E-state index is -3.74. The zero-order chi connectivity index (χ0) is 24.3. The minimum Gasteiger partial charge on any atom is -0.459 e. The van der Waals surface area contributed by atoms with Crippen LogP contribution in [0.4, 0.5) is 0 Å². The number of hydrogen-bond acceptors (Lipinski definition) is 5. The average Bonchev–Trinajstić information content (AvgIpc) is 3.28. The number of amides is 1. The second-order valence-corrected chi connectivity index (χ2v) is 9.75. The second kappa shape index (κ2) is 9.62. The first-order valence-electron chi connectivity index (χ1n) is 10.7. The van der Waals surface area contributed by atoms with Crippen molar-refractivity contribution in [2.24, 2.45) is 0 Å². The topological polar surface area (TPSA) is 105 Å². The number of carbonyl (C=O) groups is 2. The lowest BCUT2D eigenvalue weighted by atomic mass is 10.1. The molecule has 1 amide bonds. The maximum Gasteiger partial charge on any atom is 0.251 e. The zero-order valence-corrected chi connectivity index (χ0v) is 19.6. The van der Waals surface area contributed by atoms with Crippen LogP contribution in [0.25, 0.3) is 11.0 Å². The molecule has 0 fully saturated rings. The average molecular weight is 477 g/mol. The van der Waals surface area contributed by atoms with E-state index >= 15 is 0 Å². The van der Waals surface area contributed by atoms with Gasteiger partial charge in [-0.15, -0.1) is 0 Å². The van der Waals surface area contributed by atoms with Crippen LogP contribution in [0.3, 0.4) is 0 Å². The van der Waals surface area contributed by atoms with E-state index in [0.29, 0.717) is 22.5 Å². The highest BCUT2D eigenvalue weighted by atomic mass is 32.2. The van der Waals surface area contributed by atoms with Crippen LogP contribution in [0, 0.1) is 0 Å². The molecule has 0 aliphatic heterocycles. The van der Waals surface area contributed by atoms with Crippen molar-refractivity contribution in [3.8, 4) is 0 Å². The molecule has 0 aliphatic rings. The fourth-order valence-electron chi connectivity index (χ4n) is 3.47. The molecular weight excluding hydrogens is 452 g/mol. The lowest BCUT2D eigenvalue weighted by Gasteiger charge is -2.12. The second-order valence-electron chi connectivity index (χ2n) is 7.98. The summed E-state index contributed by atoms with van der Waals surface area (Å²) in [6.07, 6.45) is 0. The Morgan fingerprint density at radius 2 is 1.56 bits per heavy atom. The maximum absolute atomic E-state index is 12.6. The van der Waals surface area contributed by atoms with Crippen molar-refractivity contribution in [1.29, 1.82) is 0 Å². The third-order valence-electron chi connectivity index (χ3n) is 5.47. The third kappa shape index (κ3) is 5.24. The number of benzene rings is 3. The summed E-state index contributed by atoms with van der Waals surface area (Å²) in [5.74, 6) is 0.274. The first-order chi connectivity index (χ1) is 16.2. The summed E-state index contributed by atoms with van der Waals surface area (Å²) in [6.45, 7) is 3.33. The summed E-state index contributed by atoms with van der Waals surface area (Å²) in [6, 6.07) is 21.7. The van der Waals surface area contributed by atoms with E-state index in [4.69, 9.17) is 4.42 Å². The fraction of sp³-hybridized carbons (Fsp3) is 0.154. The molecular formula is C26H24N2O5S. The minimum absolute atomic E-state index is 0.0636. The molecule has 1 atom stereocenters. The van der Waals surface area contributed by atoms with Gasteiger partial charge in [-0.25, -0.2) is 13.1 Å². The van der Waals surface area contributed by atoms with Gasteiger partial charge in [-0.05, 0) is 55.8 Å². The molecule has 1 heterocycles. The molecule has 4 rings (SSSR count). The van der Waals surface area contributed by atoms with Gasteiger partial charge < -0.3 is 9.73 Å². The van der Waals surface area contributed by atoms with Gasteiger partial charge in [0.25, 0.3) is 5.91 Å². The number of para-hydroxylation sites is 1. The molecule has 1 aromatic heterocycles. The van der Waals surface area contributed by atoms with Crippen molar-refractivity contribution >= 4 is 32.7 Å². The Hall–Kier alpha value is -3.75. The normalized spacial score (nSPS) is 12.4. The molecule has 0 radical (unpaired) electrons. The molecule has 3 aromatic carbocycles. The summed E-state index contributed by atoms with van der Waals surface area (Å²) >= 11 is 0. The highest BCUT2D eigenvalue weighted by Gasteiger charge is 2.17. The van der Waals surface area contributed by atoms with Crippen LogP contribution in [-0.2, 0) is 16.6 Å². The van der Waals surface area contributed by atoms with E-state index < -0.39 is 10.0 Å². The van der Waals surface area contributed by atoms with Crippen molar-refractivity contribution in [2.45, 2.75) is 31.3 Å². The Bertz CT molecular complexity index is 1410. The summed E-state index contributed by atoms with van der Waals surface area (Å²) in [5, 5.41) is 3.89. The Balaban J connectivity index is 1.36. The van der Waals surface area contributed by atoms with Gasteiger partial charge >= 0.3 is 0 Å². The van der Waals surface area contributed by atoms with E-state index in [-0.39, 0.29) is 29.2 Å². The molecule has 0 unspecified atom stereocenters. The van der Waals surface area contributed by atoms with Gasteiger partial charge in [0, 0.05) is 23.1 Å². The highest BCUT2D eigenvalue weighted by Crippen LogP contribution is 2.24. The van der Waals surface area contributed by atoms with Crippen molar-refractivity contribution in [2.75, 3.05) is 0 Å². The van der Waals surface area contributed by atoms with Gasteiger partial charge in [0.15, 0.2) is 5.78 Å². The molecule has 8 heteroatoms. The van der Waals surface area contributed by atoms with E-state index in [1.165, 1.54) is 31.2 Å². The van der Waals surface area contributed by atoms with Crippen molar-refractivity contribution in [3.63, 3.8) is 0 Å². The maximum atomic E-state index is 12.6. The van der Waals surface area contributed by atoms with Crippen molar-refractivity contribution < 1.29 is 22.4 Å². The zero-order valence-electron chi connectivity index (χ0n) is 18.7. The standard InChI is InChI=1S/C26H24N2O5S/c1-17(25-15-22-5-3-4-6-24(22)33-25)28-26(30)21-9-7-19(8-10-21)16-27-34(31,32)23-13-11-20(12-14-23)18(2)29/h3-15,17,27H,16H2,1-2H3,(H,28,30)/t17-/m1/s1. The van der Waals surface area contributed by atoms with Crippen LogP contribution in [0.5, 0.6) is 0 Å². The lowest BCUT2D eigenvalue weighted by molar-refractivity contribution is 0.0935. The van der Waals surface area contributed by atoms with Crippen LogP contribution in [0.1, 0.15) is 51.9 Å². The van der Waals surface area contributed by atoms with Crippen molar-refractivity contribution in [3.05, 3.63) is 101 Å². The van der Waals surface area contributed by atoms with Gasteiger partial charge in [0.05, 0.1) is 10.9 Å². The van der Waals surface area contributed by atoms with Gasteiger partial charge in [-0.2, -0.15) is 0 Å². The van der Waals surface area contributed by atoms with Gasteiger partial charge in [-0.1, -0.05) is 42.5 Å². The molecule has 4 aromatic rings. The van der Waals surface area contributed by atoms with E-state index in [2.05, 4.69) is 10.0 Å². The number of carbonyl (C=O) groups excluding carboxylic acids is 2. The van der Waals surface area contributed by atoms with Crippen LogP contribution in [0.15, 0.2) is 88.2 Å². The van der Waals surface area contributed by atoms with Crippen molar-refractivity contribution in [1.82, 2.24) is 10.0 Å². The molecule has 0 bridgehead atoms. The quantitative estimate of drug-likeness (QED) is 0.362. The first-order valence-corrected chi connectivity index (χ1v) is 12.2. The number of hydrogen-bond donors (Lipinski definition) is 2. The van der Waals surface area contributed by atoms with Gasteiger partial charge in [-0.3, -0.25) is 9.59 Å². The van der Waals surface area contributed by atoms with Crippen LogP contribution in [0.2, 0.25) is 0 Å². The molecule has 0 aliphatic carbocycles. The number of rotatable bonds is 8. The fourth-order valence-corrected chi connectivity index (χ4v) is 4.49. The molecule has 2 N–H and O–H groups in total. The molecule has 174 valence electrons. The molecule has 7 nitrogen and oxygen atoms in total. The number of fused-ring (bicyclic) bond motifs is 1. The van der Waals surface area contributed by atoms with Crippen LogP contribution < -0.4 is 10.0 Å². The summed E-state index contributed by atoms with van der Waals surface area (Å²) in [4.78, 5) is 24.1. The number of furan rings is 1. The first kappa shape index (κ1) is 23.4. The van der Waals surface area contributed by atoms with Crippen LogP contribution in [-0.4, -0.2) is 20.1 Å². The number of sulfonamides is 1. The Morgan fingerprint density at radius 3 is 2.21 bits per heavy atom. The molecule has 0 spiro atoms. The Morgan fingerprint density at radius 1 is 0.912 bits per heavy atom. The molecule has 0 saturated carbocycles. The predicted molar refractivity (Wildman–Crippen MR) is 129 cm³/mol. The lowest BCUT2D eigenvalue weighted by Crippen LogP contribution is -2.26. The highest BCUT2D eigenvalue weighted by molar-refractivity contribution is 7.89. The largest absolute Gasteiger partial charge is 0.459 e. The number of nitrogens with one attached hydrogen (secondary N) is 2. The summed E-state index contributed by atoms with van der Waals surface area (Å²) in [5.41, 5.74) is 2.36. The molecule has 0 saturated heterocycles. The number of Topliss-reactive ketones (excluding diaryl/α,β-unsaturated/α-hetero) is 1. The van der Waals surface area contributed by atoms with Gasteiger partial charge in [0.2, 0.25) is 10.0 Å². The number of ketones is 1. The SMILES string of the molecule is CC(=O)c1ccc(S(=O)(=O)NCc2ccc(C(=O)N[C@H](C)c3cc4ccccc4o3)cc2)cc1. The monoisotopic (exact) mass is 476 g/mol. The van der Waals surface area contributed by atoms with E-state index in [1.54, 1.807) is 24.3 Å². The Kier molecular flexibility index (Phi) is 6.63. The van der Waals surface area contributed by atoms with Gasteiger partial charge in [0.1, 0.15) is 11.3 Å². The summed E-state index contributed by atoms with van der Waals surface area (Å²) < 4.78 is 33.4.